The Morgan fingerprint density at radius 1 is 1.32 bits per heavy atom. The molecule has 1 N–H and O–H groups in total. The number of rotatable bonds is 4. The number of sulfonamides is 1. The molecule has 0 bridgehead atoms. The first kappa shape index (κ1) is 16.1. The quantitative estimate of drug-likeness (QED) is 0.921. The number of aryl methyl sites for hydroxylation is 1. The highest BCUT2D eigenvalue weighted by atomic mass is 32.2. The molecule has 0 radical (unpaired) electrons. The number of hydrogen-bond donors (Lipinski definition) is 1. The molecule has 1 aromatic carbocycles. The molecule has 7 nitrogen and oxygen atoms in total. The molecule has 1 amide bonds. The fraction of sp³-hybridized carbons (Fsp3) is 0.231. The average Bonchev–Trinajstić information content (AvgIpc) is 2.84. The normalized spacial score (nSPS) is 11.7. The first-order chi connectivity index (χ1) is 10.2. The molecule has 0 saturated heterocycles. The van der Waals surface area contributed by atoms with Gasteiger partial charge in [-0.1, -0.05) is 5.16 Å². The fourth-order valence-corrected chi connectivity index (χ4v) is 2.59. The van der Waals surface area contributed by atoms with Gasteiger partial charge in [0.2, 0.25) is 10.0 Å². The van der Waals surface area contributed by atoms with Crippen molar-refractivity contribution in [2.24, 2.45) is 0 Å². The Hall–Kier alpha value is -2.26. The van der Waals surface area contributed by atoms with Gasteiger partial charge in [0.05, 0.1) is 10.5 Å². The summed E-state index contributed by atoms with van der Waals surface area (Å²) in [5.74, 6) is -1.07. The second-order valence-electron chi connectivity index (χ2n) is 4.71. The Balaban J connectivity index is 2.36. The smallest absolute Gasteiger partial charge is 0.259 e. The van der Waals surface area contributed by atoms with Crippen LogP contribution in [0.25, 0.3) is 0 Å². The molecule has 1 heterocycles. The lowest BCUT2D eigenvalue weighted by Crippen LogP contribution is -2.23. The molecule has 0 fully saturated rings. The zero-order valence-electron chi connectivity index (χ0n) is 12.1. The minimum atomic E-state index is -3.77. The van der Waals surface area contributed by atoms with E-state index in [2.05, 4.69) is 10.5 Å². The third-order valence-electron chi connectivity index (χ3n) is 2.83. The van der Waals surface area contributed by atoms with Gasteiger partial charge in [-0.25, -0.2) is 17.1 Å². The Bertz CT molecular complexity index is 814. The summed E-state index contributed by atoms with van der Waals surface area (Å²) in [6, 6.07) is 4.46. The molecule has 0 saturated carbocycles. The first-order valence-electron chi connectivity index (χ1n) is 6.18. The maximum absolute atomic E-state index is 13.8. The number of benzene rings is 1. The van der Waals surface area contributed by atoms with Crippen molar-refractivity contribution in [3.05, 3.63) is 41.4 Å². The van der Waals surface area contributed by atoms with Crippen LogP contribution in [0.3, 0.4) is 0 Å². The molecular formula is C13H14FN3O4S. The van der Waals surface area contributed by atoms with Gasteiger partial charge in [0, 0.05) is 20.2 Å². The van der Waals surface area contributed by atoms with E-state index in [0.29, 0.717) is 5.76 Å². The van der Waals surface area contributed by atoms with Crippen LogP contribution in [0, 0.1) is 12.7 Å². The largest absolute Gasteiger partial charge is 0.360 e. The van der Waals surface area contributed by atoms with Crippen LogP contribution in [0.1, 0.15) is 16.1 Å². The second kappa shape index (κ2) is 5.85. The third kappa shape index (κ3) is 3.15. The summed E-state index contributed by atoms with van der Waals surface area (Å²) in [4.78, 5) is 11.9. The molecule has 9 heteroatoms. The van der Waals surface area contributed by atoms with Crippen LogP contribution in [0.15, 0.2) is 33.7 Å². The fourth-order valence-electron chi connectivity index (χ4n) is 1.66. The lowest BCUT2D eigenvalue weighted by atomic mass is 10.2. The van der Waals surface area contributed by atoms with E-state index in [9.17, 15) is 17.6 Å². The highest BCUT2D eigenvalue weighted by molar-refractivity contribution is 7.89. The average molecular weight is 327 g/mol. The monoisotopic (exact) mass is 327 g/mol. The van der Waals surface area contributed by atoms with Gasteiger partial charge in [-0.2, -0.15) is 0 Å². The number of halogens is 1. The molecule has 2 aromatic rings. The van der Waals surface area contributed by atoms with Crippen molar-refractivity contribution >= 4 is 21.7 Å². The molecule has 2 rings (SSSR count). The van der Waals surface area contributed by atoms with E-state index in [4.69, 9.17) is 4.52 Å². The van der Waals surface area contributed by atoms with Gasteiger partial charge in [-0.3, -0.25) is 4.79 Å². The van der Waals surface area contributed by atoms with Crippen molar-refractivity contribution in [1.82, 2.24) is 9.46 Å². The zero-order chi connectivity index (χ0) is 16.5. The molecule has 0 spiro atoms. The maximum Gasteiger partial charge on any atom is 0.259 e. The number of aromatic nitrogens is 1. The standard InChI is InChI=1S/C13H14FN3O4S/c1-8-6-12(16-21-8)15-13(18)10-7-9(4-5-11(10)14)22(19,20)17(2)3/h4-7H,1-3H3,(H,15,16,18). The van der Waals surface area contributed by atoms with Crippen molar-refractivity contribution in [1.29, 1.82) is 0 Å². The number of anilines is 1. The lowest BCUT2D eigenvalue weighted by molar-refractivity contribution is 0.102. The van der Waals surface area contributed by atoms with Crippen molar-refractivity contribution in [2.75, 3.05) is 19.4 Å². The second-order valence-corrected chi connectivity index (χ2v) is 6.86. The van der Waals surface area contributed by atoms with Gasteiger partial charge in [-0.05, 0) is 25.1 Å². The molecule has 1 aromatic heterocycles. The SMILES string of the molecule is Cc1cc(NC(=O)c2cc(S(=O)(=O)N(C)C)ccc2F)no1. The van der Waals surface area contributed by atoms with Gasteiger partial charge >= 0.3 is 0 Å². The predicted octanol–water partition coefficient (Wildman–Crippen LogP) is 1.62. The number of amides is 1. The zero-order valence-corrected chi connectivity index (χ0v) is 12.9. The van der Waals surface area contributed by atoms with E-state index in [-0.39, 0.29) is 10.7 Å². The Kier molecular flexibility index (Phi) is 4.29. The topological polar surface area (TPSA) is 92.5 Å². The van der Waals surface area contributed by atoms with E-state index < -0.39 is 27.3 Å². The van der Waals surface area contributed by atoms with E-state index in [1.807, 2.05) is 0 Å². The summed E-state index contributed by atoms with van der Waals surface area (Å²) in [6.45, 7) is 1.63. The summed E-state index contributed by atoms with van der Waals surface area (Å²) < 4.78 is 43.6. The molecule has 118 valence electrons. The van der Waals surface area contributed by atoms with Gasteiger partial charge in [0.1, 0.15) is 11.6 Å². The van der Waals surface area contributed by atoms with Gasteiger partial charge in [0.25, 0.3) is 5.91 Å². The van der Waals surface area contributed by atoms with Gasteiger partial charge in [0.15, 0.2) is 5.82 Å². The van der Waals surface area contributed by atoms with Crippen LogP contribution >= 0.6 is 0 Å². The van der Waals surface area contributed by atoms with Gasteiger partial charge in [-0.15, -0.1) is 0 Å². The highest BCUT2D eigenvalue weighted by Crippen LogP contribution is 2.19. The predicted molar refractivity (Wildman–Crippen MR) is 76.5 cm³/mol. The summed E-state index contributed by atoms with van der Waals surface area (Å²) in [7, 11) is -1.08. The Morgan fingerprint density at radius 3 is 2.55 bits per heavy atom. The van der Waals surface area contributed by atoms with Crippen LogP contribution in [-0.2, 0) is 10.0 Å². The number of hydrogen-bond acceptors (Lipinski definition) is 5. The van der Waals surface area contributed by atoms with Crippen molar-refractivity contribution in [3.8, 4) is 0 Å². The minimum Gasteiger partial charge on any atom is -0.360 e. The number of carbonyl (C=O) groups is 1. The van der Waals surface area contributed by atoms with Crippen LogP contribution in [0.4, 0.5) is 10.2 Å². The lowest BCUT2D eigenvalue weighted by Gasteiger charge is -2.12. The van der Waals surface area contributed by atoms with E-state index in [1.54, 1.807) is 6.92 Å². The Morgan fingerprint density at radius 2 is 2.00 bits per heavy atom. The number of carbonyl (C=O) groups excluding carboxylic acids is 1. The van der Waals surface area contributed by atoms with Crippen LogP contribution in [-0.4, -0.2) is 37.9 Å². The number of nitrogens with one attached hydrogen (secondary N) is 1. The van der Waals surface area contributed by atoms with E-state index in [1.165, 1.54) is 20.2 Å². The number of nitrogens with zero attached hydrogens (tertiary/aromatic N) is 2. The Labute approximate surface area is 126 Å². The van der Waals surface area contributed by atoms with Crippen molar-refractivity contribution < 1.29 is 22.1 Å². The van der Waals surface area contributed by atoms with Crippen LogP contribution in [0.5, 0.6) is 0 Å². The highest BCUT2D eigenvalue weighted by Gasteiger charge is 2.21. The molecule has 0 atom stereocenters. The van der Waals surface area contributed by atoms with Crippen LogP contribution < -0.4 is 5.32 Å². The van der Waals surface area contributed by atoms with Crippen molar-refractivity contribution in [3.63, 3.8) is 0 Å². The molecule has 0 aliphatic rings. The summed E-state index contributed by atoms with van der Waals surface area (Å²) in [6.07, 6.45) is 0. The van der Waals surface area contributed by atoms with Crippen molar-refractivity contribution in [2.45, 2.75) is 11.8 Å². The molecular weight excluding hydrogens is 313 g/mol. The first-order valence-corrected chi connectivity index (χ1v) is 7.62. The minimum absolute atomic E-state index is 0.114. The van der Waals surface area contributed by atoms with Gasteiger partial charge < -0.3 is 9.84 Å². The van der Waals surface area contributed by atoms with Crippen LogP contribution in [0.2, 0.25) is 0 Å². The molecule has 0 unspecified atom stereocenters. The third-order valence-corrected chi connectivity index (χ3v) is 4.64. The molecule has 22 heavy (non-hydrogen) atoms. The van der Waals surface area contributed by atoms with E-state index >= 15 is 0 Å². The molecule has 0 aliphatic heterocycles. The summed E-state index contributed by atoms with van der Waals surface area (Å²) in [5, 5.41) is 5.89. The maximum atomic E-state index is 13.8. The summed E-state index contributed by atoms with van der Waals surface area (Å²) in [5.41, 5.74) is -0.399. The molecule has 0 aliphatic carbocycles. The summed E-state index contributed by atoms with van der Waals surface area (Å²) >= 11 is 0. The van der Waals surface area contributed by atoms with E-state index in [0.717, 1.165) is 22.5 Å².